The van der Waals surface area contributed by atoms with Crippen LogP contribution < -0.4 is 5.32 Å². The van der Waals surface area contributed by atoms with Gasteiger partial charge >= 0.3 is 12.0 Å². The maximum atomic E-state index is 12.4. The number of urea groups is 1. The van der Waals surface area contributed by atoms with Gasteiger partial charge < -0.3 is 20.3 Å². The maximum absolute atomic E-state index is 12.4. The third-order valence-electron chi connectivity index (χ3n) is 5.20. The Morgan fingerprint density at radius 1 is 1.24 bits per heavy atom. The molecule has 3 rings (SSSR count). The quantitative estimate of drug-likeness (QED) is 0.800. The van der Waals surface area contributed by atoms with E-state index in [0.717, 1.165) is 16.8 Å². The van der Waals surface area contributed by atoms with E-state index < -0.39 is 5.97 Å². The van der Waals surface area contributed by atoms with Crippen LogP contribution in [0.4, 0.5) is 4.79 Å². The Hall–Kier alpha value is -2.50. The van der Waals surface area contributed by atoms with E-state index in [1.165, 1.54) is 16.5 Å². The molecule has 0 unspecified atom stereocenters. The summed E-state index contributed by atoms with van der Waals surface area (Å²) in [5, 5.41) is 13.2. The lowest BCUT2D eigenvalue weighted by Gasteiger charge is -2.30. The number of carboxylic acid groups (broad SMARTS) is 1. The lowest BCUT2D eigenvalue weighted by Crippen LogP contribution is -2.45. The number of carbonyl (C=O) groups excluding carboxylic acids is 1. The Bertz CT molecular complexity index is 817. The van der Waals surface area contributed by atoms with Gasteiger partial charge in [0.15, 0.2) is 0 Å². The number of benzene rings is 1. The first-order valence-electron chi connectivity index (χ1n) is 8.70. The fraction of sp³-hybridized carbons (Fsp3) is 0.474. The summed E-state index contributed by atoms with van der Waals surface area (Å²) in [5.74, 6) is -1.09. The number of nitrogens with zero attached hydrogens (tertiary/aromatic N) is 1. The highest BCUT2D eigenvalue weighted by molar-refractivity contribution is 5.88. The molecule has 134 valence electrons. The minimum atomic E-state index is -0.764. The van der Waals surface area contributed by atoms with E-state index >= 15 is 0 Å². The largest absolute Gasteiger partial charge is 0.481 e. The SMILES string of the molecule is Cc1cc(CNC(=O)N2CCC(C(=O)O)CC2)c2[nH]c(C)c(C)c2c1. The number of hydrogen-bond donors (Lipinski definition) is 3. The summed E-state index contributed by atoms with van der Waals surface area (Å²) in [5.41, 5.74) is 5.69. The van der Waals surface area contributed by atoms with Gasteiger partial charge in [0, 0.05) is 30.7 Å². The highest BCUT2D eigenvalue weighted by atomic mass is 16.4. The van der Waals surface area contributed by atoms with Crippen molar-refractivity contribution in [2.24, 2.45) is 5.92 Å². The Balaban J connectivity index is 1.68. The molecule has 6 nitrogen and oxygen atoms in total. The van der Waals surface area contributed by atoms with Crippen LogP contribution in [0.2, 0.25) is 0 Å². The van der Waals surface area contributed by atoms with Gasteiger partial charge in [-0.05, 0) is 50.8 Å². The van der Waals surface area contributed by atoms with Crippen molar-refractivity contribution >= 4 is 22.9 Å². The number of H-pyrrole nitrogens is 1. The number of carbonyl (C=O) groups is 2. The Morgan fingerprint density at radius 2 is 1.92 bits per heavy atom. The number of aromatic amines is 1. The standard InChI is InChI=1S/C19H25N3O3/c1-11-8-15(17-16(9-11)12(2)13(3)21-17)10-20-19(25)22-6-4-14(5-7-22)18(23)24/h8-9,14,21H,4-7,10H2,1-3H3,(H,20,25)(H,23,24). The summed E-state index contributed by atoms with van der Waals surface area (Å²) in [6.07, 6.45) is 1.04. The summed E-state index contributed by atoms with van der Waals surface area (Å²) in [6.45, 7) is 7.65. The summed E-state index contributed by atoms with van der Waals surface area (Å²) in [4.78, 5) is 28.5. The highest BCUT2D eigenvalue weighted by Crippen LogP contribution is 2.26. The second kappa shape index (κ2) is 6.78. The number of aromatic nitrogens is 1. The van der Waals surface area contributed by atoms with Crippen LogP contribution >= 0.6 is 0 Å². The number of rotatable bonds is 3. The number of amides is 2. The number of fused-ring (bicyclic) bond motifs is 1. The second-order valence-corrected chi connectivity index (χ2v) is 6.98. The lowest BCUT2D eigenvalue weighted by molar-refractivity contribution is -0.143. The van der Waals surface area contributed by atoms with Crippen molar-refractivity contribution in [2.45, 2.75) is 40.2 Å². The van der Waals surface area contributed by atoms with Crippen LogP contribution in [-0.2, 0) is 11.3 Å². The number of piperidine rings is 1. The van der Waals surface area contributed by atoms with Crippen LogP contribution in [0.15, 0.2) is 12.1 Å². The first-order valence-corrected chi connectivity index (χ1v) is 8.70. The number of aliphatic carboxylic acids is 1. The number of likely N-dealkylation sites (tertiary alicyclic amines) is 1. The van der Waals surface area contributed by atoms with Gasteiger partial charge in [0.25, 0.3) is 0 Å². The molecule has 1 aliphatic heterocycles. The van der Waals surface area contributed by atoms with Crippen molar-refractivity contribution in [3.05, 3.63) is 34.5 Å². The lowest BCUT2D eigenvalue weighted by atomic mass is 9.97. The van der Waals surface area contributed by atoms with E-state index in [9.17, 15) is 9.59 Å². The summed E-state index contributed by atoms with van der Waals surface area (Å²) < 4.78 is 0. The molecule has 25 heavy (non-hydrogen) atoms. The molecule has 0 atom stereocenters. The normalized spacial score (nSPS) is 15.6. The molecule has 0 radical (unpaired) electrons. The summed E-state index contributed by atoms with van der Waals surface area (Å²) in [6, 6.07) is 4.13. The van der Waals surface area contributed by atoms with Crippen molar-refractivity contribution in [3.63, 3.8) is 0 Å². The predicted octanol–water partition coefficient (Wildman–Crippen LogP) is 3.10. The summed E-state index contributed by atoms with van der Waals surface area (Å²) in [7, 11) is 0. The van der Waals surface area contributed by atoms with Crippen molar-refractivity contribution in [1.82, 2.24) is 15.2 Å². The first-order chi connectivity index (χ1) is 11.9. The molecule has 6 heteroatoms. The van der Waals surface area contributed by atoms with E-state index in [-0.39, 0.29) is 11.9 Å². The topological polar surface area (TPSA) is 85.4 Å². The molecule has 1 fully saturated rings. The van der Waals surface area contributed by atoms with Crippen molar-refractivity contribution in [1.29, 1.82) is 0 Å². The molecule has 2 amide bonds. The molecule has 1 aliphatic rings. The molecule has 2 aromatic rings. The zero-order valence-electron chi connectivity index (χ0n) is 15.0. The molecule has 0 bridgehead atoms. The molecule has 0 saturated carbocycles. The van der Waals surface area contributed by atoms with Gasteiger partial charge in [-0.3, -0.25) is 4.79 Å². The average molecular weight is 343 g/mol. The van der Waals surface area contributed by atoms with Crippen molar-refractivity contribution < 1.29 is 14.7 Å². The number of aryl methyl sites for hydroxylation is 3. The Morgan fingerprint density at radius 3 is 2.56 bits per heavy atom. The predicted molar refractivity (Wildman–Crippen MR) is 96.7 cm³/mol. The van der Waals surface area contributed by atoms with Crippen molar-refractivity contribution in [3.8, 4) is 0 Å². The molecule has 3 N–H and O–H groups in total. The molecule has 0 aliphatic carbocycles. The number of nitrogens with one attached hydrogen (secondary N) is 2. The molecular formula is C19H25N3O3. The first kappa shape index (κ1) is 17.3. The fourth-order valence-corrected chi connectivity index (χ4v) is 3.54. The molecule has 1 aromatic heterocycles. The van der Waals surface area contributed by atoms with Crippen LogP contribution in [0.1, 0.15) is 35.2 Å². The van der Waals surface area contributed by atoms with Crippen molar-refractivity contribution in [2.75, 3.05) is 13.1 Å². The minimum Gasteiger partial charge on any atom is -0.481 e. The minimum absolute atomic E-state index is 0.126. The Labute approximate surface area is 147 Å². The van der Waals surface area contributed by atoms with Crippen LogP contribution in [0.3, 0.4) is 0 Å². The van der Waals surface area contributed by atoms with Gasteiger partial charge in [0.2, 0.25) is 0 Å². The zero-order valence-corrected chi connectivity index (χ0v) is 15.0. The molecule has 0 spiro atoms. The van der Waals surface area contributed by atoms with Crippen LogP contribution in [0, 0.1) is 26.7 Å². The van der Waals surface area contributed by atoms with Crippen LogP contribution in [0.5, 0.6) is 0 Å². The van der Waals surface area contributed by atoms with E-state index in [0.29, 0.717) is 32.5 Å². The third kappa shape index (κ3) is 3.48. The highest BCUT2D eigenvalue weighted by Gasteiger charge is 2.26. The van der Waals surface area contributed by atoms with E-state index in [4.69, 9.17) is 5.11 Å². The van der Waals surface area contributed by atoms with Gasteiger partial charge in [-0.1, -0.05) is 11.6 Å². The van der Waals surface area contributed by atoms with Crippen LogP contribution in [0.25, 0.3) is 10.9 Å². The van der Waals surface area contributed by atoms with E-state index in [1.54, 1.807) is 4.90 Å². The zero-order chi connectivity index (χ0) is 18.1. The molecule has 2 heterocycles. The third-order valence-corrected chi connectivity index (χ3v) is 5.20. The monoisotopic (exact) mass is 343 g/mol. The van der Waals surface area contributed by atoms with Gasteiger partial charge in [0.05, 0.1) is 11.4 Å². The van der Waals surface area contributed by atoms with E-state index in [2.05, 4.69) is 43.2 Å². The molecule has 1 aromatic carbocycles. The summed E-state index contributed by atoms with van der Waals surface area (Å²) >= 11 is 0. The second-order valence-electron chi connectivity index (χ2n) is 6.98. The fourth-order valence-electron chi connectivity index (χ4n) is 3.54. The van der Waals surface area contributed by atoms with Gasteiger partial charge in [-0.15, -0.1) is 0 Å². The van der Waals surface area contributed by atoms with E-state index in [1.807, 2.05) is 0 Å². The molecule has 1 saturated heterocycles. The Kier molecular flexibility index (Phi) is 4.70. The van der Waals surface area contributed by atoms with Crippen LogP contribution in [-0.4, -0.2) is 40.1 Å². The molecular weight excluding hydrogens is 318 g/mol. The van der Waals surface area contributed by atoms with Gasteiger partial charge in [-0.25, -0.2) is 4.79 Å². The maximum Gasteiger partial charge on any atom is 0.317 e. The smallest absolute Gasteiger partial charge is 0.317 e. The average Bonchev–Trinajstić information content (AvgIpc) is 2.87. The number of hydrogen-bond acceptors (Lipinski definition) is 2. The van der Waals surface area contributed by atoms with Gasteiger partial charge in [-0.2, -0.15) is 0 Å². The van der Waals surface area contributed by atoms with Gasteiger partial charge in [0.1, 0.15) is 0 Å². The number of carboxylic acids is 1.